The number of allylic oxidation sites excluding steroid dienone is 2. The third-order valence-electron chi connectivity index (χ3n) is 8.05. The number of carboxylic acids is 3. The van der Waals surface area contributed by atoms with Crippen molar-refractivity contribution in [3.05, 3.63) is 12.2 Å². The van der Waals surface area contributed by atoms with Crippen LogP contribution in [-0.2, 0) is 14.4 Å². The summed E-state index contributed by atoms with van der Waals surface area (Å²) in [5.74, 6) is -3.66. The fourth-order valence-corrected chi connectivity index (χ4v) is 6.07. The number of hydrogen-bond donors (Lipinski definition) is 2. The Morgan fingerprint density at radius 2 is 0.974 bits per heavy atom. The standard InChI is InChI=1S/C31H57NO6/c1-5-9-10-11-12-13-14-15-16-17-18-19-20-21-22-23-24-25-32(26(6-2)29(33)34,27(7-3)30(35)36)28(8-4)31(37)38/h16-17,26-28H,5-15,18-25H2,1-4H3,(H2-,33,34,35,36,37,38)/b17-16+. The van der Waals surface area contributed by atoms with E-state index in [1.807, 2.05) is 0 Å². The van der Waals surface area contributed by atoms with Crippen LogP contribution in [0.3, 0.4) is 0 Å². The van der Waals surface area contributed by atoms with E-state index in [1.165, 1.54) is 51.4 Å². The van der Waals surface area contributed by atoms with E-state index in [4.69, 9.17) is 0 Å². The molecule has 0 saturated carbocycles. The van der Waals surface area contributed by atoms with Crippen molar-refractivity contribution in [1.82, 2.24) is 0 Å². The molecule has 0 aromatic heterocycles. The van der Waals surface area contributed by atoms with Crippen molar-refractivity contribution in [1.29, 1.82) is 0 Å². The highest BCUT2D eigenvalue weighted by molar-refractivity contribution is 5.77. The number of quaternary nitrogens is 1. The summed E-state index contributed by atoms with van der Waals surface area (Å²) in [6.45, 7) is 7.50. The molecule has 0 radical (unpaired) electrons. The predicted molar refractivity (Wildman–Crippen MR) is 152 cm³/mol. The number of hydrogen-bond acceptors (Lipinski definition) is 4. The van der Waals surface area contributed by atoms with Crippen molar-refractivity contribution < 1.29 is 34.2 Å². The van der Waals surface area contributed by atoms with Crippen LogP contribution < -0.4 is 5.11 Å². The number of unbranched alkanes of at least 4 members (excludes halogenated alkanes) is 13. The van der Waals surface area contributed by atoms with Gasteiger partial charge in [0, 0.05) is 19.3 Å². The molecule has 0 bridgehead atoms. The van der Waals surface area contributed by atoms with Crippen molar-refractivity contribution in [3.63, 3.8) is 0 Å². The fraction of sp³-hybridized carbons (Fsp3) is 0.839. The van der Waals surface area contributed by atoms with Gasteiger partial charge in [-0.3, -0.25) is 4.48 Å². The monoisotopic (exact) mass is 539 g/mol. The normalized spacial score (nSPS) is 15.7. The lowest BCUT2D eigenvalue weighted by Crippen LogP contribution is -2.73. The van der Waals surface area contributed by atoms with E-state index in [2.05, 4.69) is 19.1 Å². The summed E-state index contributed by atoms with van der Waals surface area (Å²) in [6.07, 6.45) is 22.4. The molecule has 0 aliphatic heterocycles. The highest BCUT2D eigenvalue weighted by Crippen LogP contribution is 2.32. The zero-order valence-corrected chi connectivity index (χ0v) is 24.8. The SMILES string of the molecule is CCCCCCCCC/C=C/CCCCCCCC[N+](C(CC)C(=O)[O-])(C(CC)C(=O)O)C(CC)C(=O)O. The molecule has 0 aromatic rings. The van der Waals surface area contributed by atoms with E-state index in [1.54, 1.807) is 20.8 Å². The Kier molecular flexibility index (Phi) is 20.9. The number of nitrogens with zero attached hydrogens (tertiary/aromatic N) is 1. The fourth-order valence-electron chi connectivity index (χ4n) is 6.07. The highest BCUT2D eigenvalue weighted by Gasteiger charge is 2.53. The molecule has 7 heteroatoms. The third-order valence-corrected chi connectivity index (χ3v) is 8.05. The quantitative estimate of drug-likeness (QED) is 0.0738. The molecule has 7 nitrogen and oxygen atoms in total. The van der Waals surface area contributed by atoms with Gasteiger partial charge in [0.1, 0.15) is 6.04 Å². The van der Waals surface area contributed by atoms with E-state index in [0.717, 1.165) is 38.5 Å². The van der Waals surface area contributed by atoms with Gasteiger partial charge >= 0.3 is 11.9 Å². The molecule has 0 rings (SSSR count). The van der Waals surface area contributed by atoms with Gasteiger partial charge in [-0.15, -0.1) is 0 Å². The summed E-state index contributed by atoms with van der Waals surface area (Å²) in [5.41, 5.74) is 0. The van der Waals surface area contributed by atoms with Crippen LogP contribution in [0, 0.1) is 0 Å². The average Bonchev–Trinajstić information content (AvgIpc) is 2.86. The minimum Gasteiger partial charge on any atom is -0.544 e. The maximum absolute atomic E-state index is 12.2. The van der Waals surface area contributed by atoms with Gasteiger partial charge in [-0.05, 0) is 38.5 Å². The zero-order valence-electron chi connectivity index (χ0n) is 24.8. The molecule has 0 saturated heterocycles. The molecule has 0 amide bonds. The van der Waals surface area contributed by atoms with Crippen molar-refractivity contribution >= 4 is 17.9 Å². The Balaban J connectivity index is 4.70. The number of rotatable bonds is 26. The second kappa shape index (κ2) is 22.0. The number of aliphatic carboxylic acids is 3. The molecule has 38 heavy (non-hydrogen) atoms. The first-order valence-electron chi connectivity index (χ1n) is 15.4. The molecule has 0 aliphatic rings. The van der Waals surface area contributed by atoms with E-state index < -0.39 is 40.5 Å². The summed E-state index contributed by atoms with van der Waals surface area (Å²) >= 11 is 0. The molecule has 0 spiro atoms. The van der Waals surface area contributed by atoms with E-state index >= 15 is 0 Å². The molecule has 3 atom stereocenters. The van der Waals surface area contributed by atoms with Crippen molar-refractivity contribution in [3.8, 4) is 0 Å². The minimum atomic E-state index is -1.37. The van der Waals surface area contributed by atoms with Crippen LogP contribution in [0.25, 0.3) is 0 Å². The van der Waals surface area contributed by atoms with E-state index in [-0.39, 0.29) is 25.8 Å². The molecule has 0 heterocycles. The van der Waals surface area contributed by atoms with Gasteiger partial charge in [-0.25, -0.2) is 9.59 Å². The molecular weight excluding hydrogens is 482 g/mol. The van der Waals surface area contributed by atoms with Crippen molar-refractivity contribution in [2.24, 2.45) is 0 Å². The molecule has 2 N–H and O–H groups in total. The topological polar surface area (TPSA) is 115 Å². The number of carbonyl (C=O) groups excluding carboxylic acids is 1. The smallest absolute Gasteiger partial charge is 0.362 e. The van der Waals surface area contributed by atoms with Gasteiger partial charge in [0.25, 0.3) is 0 Å². The zero-order chi connectivity index (χ0) is 28.8. The number of carbonyl (C=O) groups is 3. The average molecular weight is 540 g/mol. The van der Waals surface area contributed by atoms with E-state index in [9.17, 15) is 29.7 Å². The minimum absolute atomic E-state index is 0.127. The predicted octanol–water partition coefficient (Wildman–Crippen LogP) is 6.49. The summed E-state index contributed by atoms with van der Waals surface area (Å²) < 4.78 is -0.472. The van der Waals surface area contributed by atoms with Gasteiger partial charge < -0.3 is 20.1 Å². The lowest BCUT2D eigenvalue weighted by Gasteiger charge is -2.51. The third kappa shape index (κ3) is 12.8. The van der Waals surface area contributed by atoms with Crippen LogP contribution in [-0.4, -0.2) is 57.3 Å². The van der Waals surface area contributed by atoms with Crippen molar-refractivity contribution in [2.45, 2.75) is 161 Å². The summed E-state index contributed by atoms with van der Waals surface area (Å²) in [7, 11) is 0. The van der Waals surface area contributed by atoms with Crippen LogP contribution >= 0.6 is 0 Å². The maximum Gasteiger partial charge on any atom is 0.362 e. The van der Waals surface area contributed by atoms with Gasteiger partial charge in [0.2, 0.25) is 0 Å². The first-order valence-corrected chi connectivity index (χ1v) is 15.4. The molecular formula is C31H57NO6. The molecule has 0 aromatic carbocycles. The van der Waals surface area contributed by atoms with E-state index in [0.29, 0.717) is 6.42 Å². The Labute approximate surface area is 232 Å². The summed E-state index contributed by atoms with van der Waals surface area (Å²) in [6, 6.07) is -3.39. The highest BCUT2D eigenvalue weighted by atomic mass is 16.4. The summed E-state index contributed by atoms with van der Waals surface area (Å²) in [4.78, 5) is 36.6. The molecule has 0 aliphatic carbocycles. The van der Waals surface area contributed by atoms with Crippen LogP contribution in [0.15, 0.2) is 12.2 Å². The second-order valence-corrected chi connectivity index (χ2v) is 10.8. The van der Waals surface area contributed by atoms with Crippen LogP contribution in [0.4, 0.5) is 0 Å². The Bertz CT molecular complexity index is 622. The van der Waals surface area contributed by atoms with Gasteiger partial charge in [-0.2, -0.15) is 0 Å². The van der Waals surface area contributed by atoms with Crippen LogP contribution in [0.1, 0.15) is 143 Å². The lowest BCUT2D eigenvalue weighted by atomic mass is 9.93. The molecule has 222 valence electrons. The van der Waals surface area contributed by atoms with Gasteiger partial charge in [0.05, 0.1) is 12.5 Å². The second-order valence-electron chi connectivity index (χ2n) is 10.8. The summed E-state index contributed by atoms with van der Waals surface area (Å²) in [5, 5.41) is 32.1. The first-order chi connectivity index (χ1) is 18.2. The van der Waals surface area contributed by atoms with Gasteiger partial charge in [-0.1, -0.05) is 97.6 Å². The van der Waals surface area contributed by atoms with Crippen molar-refractivity contribution in [2.75, 3.05) is 6.54 Å². The molecule has 0 fully saturated rings. The first kappa shape index (κ1) is 36.1. The number of carboxylic acid groups (broad SMARTS) is 3. The Morgan fingerprint density at radius 3 is 1.32 bits per heavy atom. The van der Waals surface area contributed by atoms with Gasteiger partial charge in [0.15, 0.2) is 12.1 Å². The largest absolute Gasteiger partial charge is 0.544 e. The molecule has 3 unspecified atom stereocenters. The Hall–Kier alpha value is -1.89. The lowest BCUT2D eigenvalue weighted by molar-refractivity contribution is -0.974. The van der Waals surface area contributed by atoms with Crippen LogP contribution in [0.5, 0.6) is 0 Å². The maximum atomic E-state index is 12.2. The van der Waals surface area contributed by atoms with Crippen LogP contribution in [0.2, 0.25) is 0 Å². The Morgan fingerprint density at radius 1 is 0.605 bits per heavy atom.